The molecule has 22 heavy (non-hydrogen) atoms. The molecule has 3 heterocycles. The van der Waals surface area contributed by atoms with Crippen LogP contribution in [0.15, 0.2) is 36.7 Å². The van der Waals surface area contributed by atoms with E-state index in [-0.39, 0.29) is 18.5 Å². The lowest BCUT2D eigenvalue weighted by atomic mass is 10.1. The molecule has 116 valence electrons. The van der Waals surface area contributed by atoms with E-state index in [9.17, 15) is 4.79 Å². The van der Waals surface area contributed by atoms with Crippen molar-refractivity contribution in [3.63, 3.8) is 0 Å². The Hall–Kier alpha value is -2.37. The first kappa shape index (κ1) is 14.6. The quantitative estimate of drug-likeness (QED) is 0.926. The zero-order chi connectivity index (χ0) is 15.4. The molecule has 0 aliphatic carbocycles. The maximum Gasteiger partial charge on any atom is 0.242 e. The highest BCUT2D eigenvalue weighted by molar-refractivity contribution is 5.76. The van der Waals surface area contributed by atoms with Crippen LogP contribution in [0.2, 0.25) is 0 Å². The number of carbonyl (C=O) groups excluding carboxylic acids is 1. The fourth-order valence-corrected chi connectivity index (χ4v) is 2.82. The number of aromatic nitrogens is 3. The van der Waals surface area contributed by atoms with Gasteiger partial charge < -0.3 is 10.2 Å². The van der Waals surface area contributed by atoms with E-state index in [1.165, 1.54) is 0 Å². The highest BCUT2D eigenvalue weighted by atomic mass is 16.2. The summed E-state index contributed by atoms with van der Waals surface area (Å²) in [5.41, 5.74) is 1.02. The van der Waals surface area contributed by atoms with Gasteiger partial charge in [-0.15, -0.1) is 0 Å². The van der Waals surface area contributed by atoms with Crippen molar-refractivity contribution in [1.82, 2.24) is 20.1 Å². The van der Waals surface area contributed by atoms with E-state index in [0.717, 1.165) is 37.4 Å². The van der Waals surface area contributed by atoms with Gasteiger partial charge >= 0.3 is 0 Å². The number of hydrogen-bond acceptors (Lipinski definition) is 4. The van der Waals surface area contributed by atoms with Gasteiger partial charge in [-0.25, -0.2) is 4.98 Å². The van der Waals surface area contributed by atoms with Crippen LogP contribution in [0.3, 0.4) is 0 Å². The van der Waals surface area contributed by atoms with Crippen molar-refractivity contribution in [3.05, 3.63) is 42.4 Å². The first-order valence-corrected chi connectivity index (χ1v) is 7.66. The largest absolute Gasteiger partial charge is 0.355 e. The Morgan fingerprint density at radius 2 is 2.32 bits per heavy atom. The van der Waals surface area contributed by atoms with Crippen LogP contribution >= 0.6 is 0 Å². The predicted octanol–water partition coefficient (Wildman–Crippen LogP) is 1.37. The van der Waals surface area contributed by atoms with Crippen LogP contribution in [0.4, 0.5) is 5.82 Å². The molecule has 0 radical (unpaired) electrons. The molecule has 1 atom stereocenters. The minimum atomic E-state index is 0.00718. The topological polar surface area (TPSA) is 63.1 Å². The van der Waals surface area contributed by atoms with Crippen molar-refractivity contribution in [2.75, 3.05) is 18.0 Å². The minimum Gasteiger partial charge on any atom is -0.355 e. The van der Waals surface area contributed by atoms with E-state index in [4.69, 9.17) is 0 Å². The van der Waals surface area contributed by atoms with Crippen molar-refractivity contribution in [1.29, 1.82) is 0 Å². The van der Waals surface area contributed by atoms with E-state index < -0.39 is 0 Å². The number of nitrogens with zero attached hydrogens (tertiary/aromatic N) is 4. The summed E-state index contributed by atoms with van der Waals surface area (Å²) in [6.45, 7) is 4.06. The Bertz CT molecular complexity index is 625. The van der Waals surface area contributed by atoms with Gasteiger partial charge in [-0.05, 0) is 38.0 Å². The summed E-state index contributed by atoms with van der Waals surface area (Å²) in [5.74, 6) is 0.999. The molecule has 2 aromatic rings. The summed E-state index contributed by atoms with van der Waals surface area (Å²) >= 11 is 0. The van der Waals surface area contributed by atoms with Crippen molar-refractivity contribution >= 4 is 11.7 Å². The lowest BCUT2D eigenvalue weighted by Crippen LogP contribution is -2.48. The smallest absolute Gasteiger partial charge is 0.242 e. The molecule has 0 spiro atoms. The monoisotopic (exact) mass is 299 g/mol. The Kier molecular flexibility index (Phi) is 4.37. The third-order valence-electron chi connectivity index (χ3n) is 3.85. The SMILES string of the molecule is Cc1cccc(N2CCCC(NC(=O)Cn3cccn3)C2)n1. The number of rotatable bonds is 4. The summed E-state index contributed by atoms with van der Waals surface area (Å²) in [6, 6.07) is 8.04. The van der Waals surface area contributed by atoms with E-state index in [2.05, 4.69) is 20.3 Å². The van der Waals surface area contributed by atoms with Crippen molar-refractivity contribution in [3.8, 4) is 0 Å². The number of anilines is 1. The van der Waals surface area contributed by atoms with Gasteiger partial charge in [-0.2, -0.15) is 5.10 Å². The molecule has 2 aromatic heterocycles. The van der Waals surface area contributed by atoms with Crippen LogP contribution in [0, 0.1) is 6.92 Å². The molecule has 1 aliphatic rings. The number of hydrogen-bond donors (Lipinski definition) is 1. The Morgan fingerprint density at radius 3 is 3.09 bits per heavy atom. The maximum absolute atomic E-state index is 12.1. The average molecular weight is 299 g/mol. The summed E-state index contributed by atoms with van der Waals surface area (Å²) < 4.78 is 1.64. The summed E-state index contributed by atoms with van der Waals surface area (Å²) in [6.07, 6.45) is 5.54. The standard InChI is InChI=1S/C16H21N5O/c1-13-5-2-7-15(18-13)20-9-3-6-14(11-20)19-16(22)12-21-10-4-8-17-21/h2,4-5,7-8,10,14H,3,6,9,11-12H2,1H3,(H,19,22). The zero-order valence-corrected chi connectivity index (χ0v) is 12.8. The van der Waals surface area contributed by atoms with Crippen LogP contribution < -0.4 is 10.2 Å². The van der Waals surface area contributed by atoms with E-state index >= 15 is 0 Å². The van der Waals surface area contributed by atoms with Crippen LogP contribution in [0.5, 0.6) is 0 Å². The Labute approximate surface area is 130 Å². The van der Waals surface area contributed by atoms with Gasteiger partial charge in [-0.1, -0.05) is 6.07 Å². The first-order valence-electron chi connectivity index (χ1n) is 7.66. The molecule has 0 aromatic carbocycles. The van der Waals surface area contributed by atoms with Gasteiger partial charge in [0, 0.05) is 37.2 Å². The minimum absolute atomic E-state index is 0.00718. The number of aryl methyl sites for hydroxylation is 1. The second-order valence-corrected chi connectivity index (χ2v) is 5.69. The molecule has 1 aliphatic heterocycles. The highest BCUT2D eigenvalue weighted by Crippen LogP contribution is 2.18. The molecule has 1 amide bonds. The molecule has 1 fully saturated rings. The lowest BCUT2D eigenvalue weighted by molar-refractivity contribution is -0.122. The summed E-state index contributed by atoms with van der Waals surface area (Å²) in [4.78, 5) is 18.9. The molecule has 1 unspecified atom stereocenters. The lowest BCUT2D eigenvalue weighted by Gasteiger charge is -2.34. The van der Waals surface area contributed by atoms with Crippen LogP contribution in [-0.4, -0.2) is 39.8 Å². The molecule has 3 rings (SSSR count). The average Bonchev–Trinajstić information content (AvgIpc) is 3.00. The number of piperidine rings is 1. The molecule has 1 saturated heterocycles. The fraction of sp³-hybridized carbons (Fsp3) is 0.438. The second-order valence-electron chi connectivity index (χ2n) is 5.69. The zero-order valence-electron chi connectivity index (χ0n) is 12.8. The number of pyridine rings is 1. The fourth-order valence-electron chi connectivity index (χ4n) is 2.82. The van der Waals surface area contributed by atoms with Gasteiger partial charge in [0.1, 0.15) is 12.4 Å². The van der Waals surface area contributed by atoms with E-state index in [0.29, 0.717) is 0 Å². The van der Waals surface area contributed by atoms with Crippen molar-refractivity contribution in [2.45, 2.75) is 32.4 Å². The number of carbonyl (C=O) groups is 1. The van der Waals surface area contributed by atoms with Gasteiger partial charge in [-0.3, -0.25) is 9.48 Å². The molecular formula is C16H21N5O. The Balaban J connectivity index is 1.57. The third-order valence-corrected chi connectivity index (χ3v) is 3.85. The highest BCUT2D eigenvalue weighted by Gasteiger charge is 2.22. The predicted molar refractivity (Wildman–Crippen MR) is 84.6 cm³/mol. The molecule has 0 bridgehead atoms. The molecular weight excluding hydrogens is 278 g/mol. The normalized spacial score (nSPS) is 18.2. The van der Waals surface area contributed by atoms with Gasteiger partial charge in [0.25, 0.3) is 0 Å². The van der Waals surface area contributed by atoms with Crippen LogP contribution in [0.25, 0.3) is 0 Å². The van der Waals surface area contributed by atoms with E-state index in [1.807, 2.05) is 31.2 Å². The molecule has 6 heteroatoms. The van der Waals surface area contributed by atoms with E-state index in [1.54, 1.807) is 17.1 Å². The molecule has 0 saturated carbocycles. The van der Waals surface area contributed by atoms with Crippen LogP contribution in [-0.2, 0) is 11.3 Å². The molecule has 1 N–H and O–H groups in total. The Morgan fingerprint density at radius 1 is 1.41 bits per heavy atom. The summed E-state index contributed by atoms with van der Waals surface area (Å²) in [5, 5.41) is 7.16. The van der Waals surface area contributed by atoms with Gasteiger partial charge in [0.15, 0.2) is 0 Å². The molecule has 6 nitrogen and oxygen atoms in total. The number of amides is 1. The van der Waals surface area contributed by atoms with Gasteiger partial charge in [0.2, 0.25) is 5.91 Å². The first-order chi connectivity index (χ1) is 10.7. The third kappa shape index (κ3) is 3.63. The maximum atomic E-state index is 12.1. The van der Waals surface area contributed by atoms with Crippen LogP contribution in [0.1, 0.15) is 18.5 Å². The van der Waals surface area contributed by atoms with Crippen molar-refractivity contribution in [2.24, 2.45) is 0 Å². The van der Waals surface area contributed by atoms with Gasteiger partial charge in [0.05, 0.1) is 0 Å². The number of nitrogens with one attached hydrogen (secondary N) is 1. The summed E-state index contributed by atoms with van der Waals surface area (Å²) in [7, 11) is 0. The van der Waals surface area contributed by atoms with Crippen molar-refractivity contribution < 1.29 is 4.79 Å². The second kappa shape index (κ2) is 6.60.